The predicted octanol–water partition coefficient (Wildman–Crippen LogP) is 5.36. The Kier molecular flexibility index (Phi) is 6.23. The molecule has 1 N–H and O–H groups in total. The zero-order valence-electron chi connectivity index (χ0n) is 19.0. The van der Waals surface area contributed by atoms with Gasteiger partial charge >= 0.3 is 0 Å². The summed E-state index contributed by atoms with van der Waals surface area (Å²) < 4.78 is 3.17. The van der Waals surface area contributed by atoms with Crippen LogP contribution in [0.4, 0.5) is 0 Å². The van der Waals surface area contributed by atoms with Crippen LogP contribution in [0.3, 0.4) is 0 Å². The standard InChI is InChI=1S/C28H26N4OS/c1-28(23-7-3-2-4-8-23,17-26-31-24-9-5-6-10-25(24)34-26)27(33)30-18-21-11-13-22(14-12-21)19-32-16-15-29-20-32/h2-16,20H,17-19H2,1H3,(H,30,33). The van der Waals surface area contributed by atoms with Crippen molar-refractivity contribution in [3.8, 4) is 0 Å². The number of hydrogen-bond acceptors (Lipinski definition) is 4. The Morgan fingerprint density at radius 1 is 0.971 bits per heavy atom. The Morgan fingerprint density at radius 3 is 2.44 bits per heavy atom. The van der Waals surface area contributed by atoms with Crippen LogP contribution in [0.5, 0.6) is 0 Å². The maximum atomic E-state index is 13.6. The summed E-state index contributed by atoms with van der Waals surface area (Å²) in [6.07, 6.45) is 6.09. The third-order valence-electron chi connectivity index (χ3n) is 6.16. The maximum Gasteiger partial charge on any atom is 0.231 e. The number of benzene rings is 3. The van der Waals surface area contributed by atoms with Crippen LogP contribution in [-0.2, 0) is 29.7 Å². The van der Waals surface area contributed by atoms with Crippen LogP contribution >= 0.6 is 11.3 Å². The molecule has 0 radical (unpaired) electrons. The molecule has 0 saturated heterocycles. The van der Waals surface area contributed by atoms with Crippen LogP contribution in [0, 0.1) is 0 Å². The van der Waals surface area contributed by atoms with Gasteiger partial charge in [0.2, 0.25) is 5.91 Å². The van der Waals surface area contributed by atoms with E-state index >= 15 is 0 Å². The number of imidazole rings is 1. The molecule has 0 spiro atoms. The first-order valence-corrected chi connectivity index (χ1v) is 12.1. The fraction of sp³-hybridized carbons (Fsp3) is 0.179. The van der Waals surface area contributed by atoms with Crippen LogP contribution in [-0.4, -0.2) is 20.4 Å². The van der Waals surface area contributed by atoms with Crippen LogP contribution in [0.15, 0.2) is 97.6 Å². The monoisotopic (exact) mass is 466 g/mol. The summed E-state index contributed by atoms with van der Waals surface area (Å²) in [5.41, 5.74) is 3.50. The molecule has 0 aliphatic heterocycles. The van der Waals surface area contributed by atoms with E-state index in [-0.39, 0.29) is 5.91 Å². The number of hydrogen-bond donors (Lipinski definition) is 1. The van der Waals surface area contributed by atoms with Gasteiger partial charge in [-0.05, 0) is 35.7 Å². The maximum absolute atomic E-state index is 13.6. The number of aromatic nitrogens is 3. The highest BCUT2D eigenvalue weighted by Crippen LogP contribution is 2.32. The molecule has 5 aromatic rings. The smallest absolute Gasteiger partial charge is 0.231 e. The van der Waals surface area contributed by atoms with E-state index in [4.69, 9.17) is 4.98 Å². The van der Waals surface area contributed by atoms with Crippen molar-refractivity contribution >= 4 is 27.5 Å². The summed E-state index contributed by atoms with van der Waals surface area (Å²) in [7, 11) is 0. The minimum Gasteiger partial charge on any atom is -0.351 e. The fourth-order valence-electron chi connectivity index (χ4n) is 4.15. The van der Waals surface area contributed by atoms with E-state index in [0.29, 0.717) is 13.0 Å². The van der Waals surface area contributed by atoms with Crippen molar-refractivity contribution in [2.24, 2.45) is 0 Å². The predicted molar refractivity (Wildman–Crippen MR) is 137 cm³/mol. The highest BCUT2D eigenvalue weighted by atomic mass is 32.1. The van der Waals surface area contributed by atoms with E-state index in [2.05, 4.69) is 40.6 Å². The normalized spacial score (nSPS) is 13.0. The molecule has 34 heavy (non-hydrogen) atoms. The lowest BCUT2D eigenvalue weighted by atomic mass is 9.78. The van der Waals surface area contributed by atoms with E-state index in [1.54, 1.807) is 17.5 Å². The van der Waals surface area contributed by atoms with Gasteiger partial charge in [0.05, 0.1) is 27.0 Å². The average Bonchev–Trinajstić information content (AvgIpc) is 3.53. The second-order valence-electron chi connectivity index (χ2n) is 8.68. The number of nitrogens with one attached hydrogen (secondary N) is 1. The molecule has 6 heteroatoms. The summed E-state index contributed by atoms with van der Waals surface area (Å²) in [5.74, 6) is 0.000415. The molecule has 1 atom stereocenters. The van der Waals surface area contributed by atoms with Crippen LogP contribution in [0.25, 0.3) is 10.2 Å². The lowest BCUT2D eigenvalue weighted by Gasteiger charge is -2.28. The molecule has 5 nitrogen and oxygen atoms in total. The van der Waals surface area contributed by atoms with Crippen molar-refractivity contribution < 1.29 is 4.79 Å². The van der Waals surface area contributed by atoms with Crippen molar-refractivity contribution in [1.29, 1.82) is 0 Å². The lowest BCUT2D eigenvalue weighted by Crippen LogP contribution is -2.43. The third kappa shape index (κ3) is 4.77. The van der Waals surface area contributed by atoms with E-state index in [1.807, 2.05) is 72.5 Å². The first kappa shape index (κ1) is 22.0. The van der Waals surface area contributed by atoms with Crippen molar-refractivity contribution in [2.45, 2.75) is 31.8 Å². The number of para-hydroxylation sites is 1. The number of fused-ring (bicyclic) bond motifs is 1. The zero-order valence-corrected chi connectivity index (χ0v) is 19.8. The van der Waals surface area contributed by atoms with Gasteiger partial charge < -0.3 is 9.88 Å². The number of rotatable bonds is 8. The van der Waals surface area contributed by atoms with Crippen molar-refractivity contribution in [3.63, 3.8) is 0 Å². The molecule has 2 aromatic heterocycles. The number of carbonyl (C=O) groups is 1. The Hall–Kier alpha value is -3.77. The number of nitrogens with zero attached hydrogens (tertiary/aromatic N) is 3. The van der Waals surface area contributed by atoms with Gasteiger partial charge in [0, 0.05) is 31.9 Å². The van der Waals surface area contributed by atoms with Crippen LogP contribution in [0.1, 0.15) is 28.6 Å². The average molecular weight is 467 g/mol. The van der Waals surface area contributed by atoms with Gasteiger partial charge in [-0.2, -0.15) is 0 Å². The van der Waals surface area contributed by atoms with Crippen LogP contribution in [0.2, 0.25) is 0 Å². The minimum absolute atomic E-state index is 0.000415. The molecular weight excluding hydrogens is 440 g/mol. The molecule has 3 aromatic carbocycles. The van der Waals surface area contributed by atoms with Gasteiger partial charge in [-0.15, -0.1) is 11.3 Å². The van der Waals surface area contributed by atoms with Gasteiger partial charge in [0.1, 0.15) is 0 Å². The molecule has 2 heterocycles. The van der Waals surface area contributed by atoms with E-state index in [0.717, 1.165) is 32.9 Å². The van der Waals surface area contributed by atoms with Crippen molar-refractivity contribution in [2.75, 3.05) is 0 Å². The van der Waals surface area contributed by atoms with Gasteiger partial charge in [0.25, 0.3) is 0 Å². The van der Waals surface area contributed by atoms with Gasteiger partial charge in [0.15, 0.2) is 0 Å². The highest BCUT2D eigenvalue weighted by molar-refractivity contribution is 7.18. The fourth-order valence-corrected chi connectivity index (χ4v) is 5.27. The molecule has 0 bridgehead atoms. The summed E-state index contributed by atoms with van der Waals surface area (Å²) in [5, 5.41) is 4.14. The number of amides is 1. The number of carbonyl (C=O) groups excluding carboxylic acids is 1. The Morgan fingerprint density at radius 2 is 1.71 bits per heavy atom. The van der Waals surface area contributed by atoms with E-state index in [1.165, 1.54) is 5.56 Å². The second-order valence-corrected chi connectivity index (χ2v) is 9.80. The van der Waals surface area contributed by atoms with Gasteiger partial charge in [-0.25, -0.2) is 9.97 Å². The number of thiazole rings is 1. The lowest BCUT2D eigenvalue weighted by molar-refractivity contribution is -0.126. The van der Waals surface area contributed by atoms with E-state index < -0.39 is 5.41 Å². The summed E-state index contributed by atoms with van der Waals surface area (Å²) in [6, 6.07) is 26.4. The third-order valence-corrected chi connectivity index (χ3v) is 7.19. The molecule has 5 rings (SSSR count). The van der Waals surface area contributed by atoms with Gasteiger partial charge in [-0.3, -0.25) is 4.79 Å². The minimum atomic E-state index is -0.726. The zero-order chi connectivity index (χ0) is 23.4. The molecule has 0 saturated carbocycles. The molecule has 170 valence electrons. The second kappa shape index (κ2) is 9.61. The Balaban J connectivity index is 1.32. The van der Waals surface area contributed by atoms with Crippen LogP contribution < -0.4 is 5.32 Å². The molecule has 0 fully saturated rings. The molecule has 0 aliphatic rings. The van der Waals surface area contributed by atoms with E-state index in [9.17, 15) is 4.79 Å². The van der Waals surface area contributed by atoms with Crippen molar-refractivity contribution in [3.05, 3.63) is 119 Å². The quantitative estimate of drug-likeness (QED) is 0.335. The topological polar surface area (TPSA) is 59.8 Å². The highest BCUT2D eigenvalue weighted by Gasteiger charge is 2.36. The van der Waals surface area contributed by atoms with Gasteiger partial charge in [-0.1, -0.05) is 66.7 Å². The summed E-state index contributed by atoms with van der Waals surface area (Å²) in [6.45, 7) is 3.27. The SMILES string of the molecule is CC(Cc1nc2ccccc2s1)(C(=O)NCc1ccc(Cn2ccnc2)cc1)c1ccccc1. The van der Waals surface area contributed by atoms with Crippen molar-refractivity contribution in [1.82, 2.24) is 19.9 Å². The Labute approximate surface area is 203 Å². The molecule has 1 amide bonds. The molecule has 1 unspecified atom stereocenters. The molecule has 0 aliphatic carbocycles. The summed E-state index contributed by atoms with van der Waals surface area (Å²) in [4.78, 5) is 22.5. The molecular formula is C28H26N4OS. The largest absolute Gasteiger partial charge is 0.351 e. The first-order valence-electron chi connectivity index (χ1n) is 11.3. The summed E-state index contributed by atoms with van der Waals surface area (Å²) >= 11 is 1.66. The Bertz CT molecular complexity index is 1340. The first-order chi connectivity index (χ1) is 16.6.